The Morgan fingerprint density at radius 1 is 1.78 bits per heavy atom. The highest BCUT2D eigenvalue weighted by molar-refractivity contribution is 5.78. The maximum atomic E-state index is 10.1. The first-order chi connectivity index (χ1) is 4.18. The van der Waals surface area contributed by atoms with Crippen molar-refractivity contribution < 1.29 is 14.7 Å². The van der Waals surface area contributed by atoms with E-state index in [4.69, 9.17) is 5.11 Å². The zero-order valence-corrected chi connectivity index (χ0v) is 4.91. The molecule has 0 saturated heterocycles. The monoisotopic (exact) mass is 131 g/mol. The summed E-state index contributed by atoms with van der Waals surface area (Å²) >= 11 is 0. The molecule has 4 nitrogen and oxygen atoms in total. The molecule has 0 aromatic rings. The topological polar surface area (TPSA) is 80.4 Å². The summed E-state index contributed by atoms with van der Waals surface area (Å²) in [5, 5.41) is 8.62. The second kappa shape index (κ2) is 4.03. The number of rotatable bonds is 4. The van der Waals surface area contributed by atoms with Gasteiger partial charge in [-0.2, -0.15) is 0 Å². The van der Waals surface area contributed by atoms with Gasteiger partial charge in [-0.3, -0.25) is 4.79 Å². The van der Waals surface area contributed by atoms with E-state index < -0.39 is 12.0 Å². The average Bonchev–Trinajstić information content (AvgIpc) is 1.82. The zero-order chi connectivity index (χ0) is 7.28. The molecular formula is C5H9NO3. The smallest absolute Gasteiger partial charge is 0.246 e. The number of amides is 1. The number of hydrogen-bond donors (Lipinski definition) is 2. The molecule has 52 valence electrons. The number of aldehydes is 1. The van der Waals surface area contributed by atoms with Gasteiger partial charge in [-0.05, 0) is 6.42 Å². The lowest BCUT2D eigenvalue weighted by molar-refractivity contribution is -0.126. The molecule has 1 unspecified atom stereocenters. The van der Waals surface area contributed by atoms with Gasteiger partial charge in [0.15, 0.2) is 0 Å². The standard InChI is InChI=1S/C5H9NO3/c6-5(9)4(8)2-1-3-7/h3-4,8H,1-2H2,(H2,6,9). The van der Waals surface area contributed by atoms with Crippen molar-refractivity contribution >= 4 is 12.2 Å². The first-order valence-corrected chi connectivity index (χ1v) is 2.59. The minimum atomic E-state index is -1.17. The molecule has 0 aromatic heterocycles. The normalized spacial score (nSPS) is 12.6. The summed E-state index contributed by atoms with van der Waals surface area (Å²) in [6, 6.07) is 0. The molecule has 0 aromatic carbocycles. The minimum Gasteiger partial charge on any atom is -0.383 e. The molecule has 4 heteroatoms. The van der Waals surface area contributed by atoms with Crippen LogP contribution in [0.3, 0.4) is 0 Å². The van der Waals surface area contributed by atoms with Crippen LogP contribution in [0.25, 0.3) is 0 Å². The molecule has 0 rings (SSSR count). The van der Waals surface area contributed by atoms with Crippen LogP contribution in [0.4, 0.5) is 0 Å². The van der Waals surface area contributed by atoms with Crippen LogP contribution >= 0.6 is 0 Å². The molecule has 1 amide bonds. The Balaban J connectivity index is 3.37. The van der Waals surface area contributed by atoms with Crippen LogP contribution in [-0.4, -0.2) is 23.4 Å². The van der Waals surface area contributed by atoms with Gasteiger partial charge >= 0.3 is 0 Å². The highest BCUT2D eigenvalue weighted by atomic mass is 16.3. The van der Waals surface area contributed by atoms with Gasteiger partial charge in [0.05, 0.1) is 0 Å². The lowest BCUT2D eigenvalue weighted by Gasteiger charge is -2.00. The molecule has 0 heterocycles. The first kappa shape index (κ1) is 8.10. The Morgan fingerprint density at radius 2 is 2.33 bits per heavy atom. The van der Waals surface area contributed by atoms with Crippen molar-refractivity contribution in [2.24, 2.45) is 5.73 Å². The average molecular weight is 131 g/mol. The fraction of sp³-hybridized carbons (Fsp3) is 0.600. The maximum Gasteiger partial charge on any atom is 0.246 e. The van der Waals surface area contributed by atoms with Gasteiger partial charge in [0.25, 0.3) is 0 Å². The van der Waals surface area contributed by atoms with E-state index in [0.29, 0.717) is 6.29 Å². The molecule has 0 aliphatic rings. The van der Waals surface area contributed by atoms with E-state index in [9.17, 15) is 9.59 Å². The summed E-state index contributed by atoms with van der Waals surface area (Å²) in [4.78, 5) is 19.7. The van der Waals surface area contributed by atoms with E-state index in [1.807, 2.05) is 0 Å². The van der Waals surface area contributed by atoms with Gasteiger partial charge in [-0.1, -0.05) is 0 Å². The maximum absolute atomic E-state index is 10.1. The quantitative estimate of drug-likeness (QED) is 0.471. The van der Waals surface area contributed by atoms with Crippen LogP contribution in [0.5, 0.6) is 0 Å². The van der Waals surface area contributed by atoms with Crippen LogP contribution in [0.15, 0.2) is 0 Å². The van der Waals surface area contributed by atoms with E-state index in [-0.39, 0.29) is 12.8 Å². The fourth-order valence-corrected chi connectivity index (χ4v) is 0.368. The van der Waals surface area contributed by atoms with Crippen molar-refractivity contribution in [2.45, 2.75) is 18.9 Å². The highest BCUT2D eigenvalue weighted by Crippen LogP contribution is 1.91. The van der Waals surface area contributed by atoms with Crippen LogP contribution in [0, 0.1) is 0 Å². The second-order valence-corrected chi connectivity index (χ2v) is 1.66. The Bertz CT molecular complexity index is 113. The molecule has 0 spiro atoms. The van der Waals surface area contributed by atoms with E-state index in [1.54, 1.807) is 0 Å². The molecule has 0 fully saturated rings. The molecule has 0 aliphatic carbocycles. The fourth-order valence-electron chi connectivity index (χ4n) is 0.368. The third kappa shape index (κ3) is 3.66. The molecule has 0 saturated carbocycles. The number of aliphatic hydroxyl groups excluding tert-OH is 1. The summed E-state index contributed by atoms with van der Waals surface area (Å²) in [6.07, 6.45) is -0.245. The van der Waals surface area contributed by atoms with Crippen LogP contribution < -0.4 is 5.73 Å². The molecular weight excluding hydrogens is 122 g/mol. The van der Waals surface area contributed by atoms with E-state index in [2.05, 4.69) is 5.73 Å². The van der Waals surface area contributed by atoms with Gasteiger partial charge in [-0.15, -0.1) is 0 Å². The van der Waals surface area contributed by atoms with E-state index in [1.165, 1.54) is 0 Å². The molecule has 9 heavy (non-hydrogen) atoms. The lowest BCUT2D eigenvalue weighted by atomic mass is 10.2. The predicted octanol–water partition coefficient (Wildman–Crippen LogP) is -1.19. The highest BCUT2D eigenvalue weighted by Gasteiger charge is 2.08. The number of carbonyl (C=O) groups is 2. The van der Waals surface area contributed by atoms with Crippen molar-refractivity contribution in [2.75, 3.05) is 0 Å². The Hall–Kier alpha value is -0.900. The Kier molecular flexibility index (Phi) is 3.62. The first-order valence-electron chi connectivity index (χ1n) is 2.59. The zero-order valence-electron chi connectivity index (χ0n) is 4.91. The third-order valence-corrected chi connectivity index (χ3v) is 0.886. The number of hydrogen-bond acceptors (Lipinski definition) is 3. The summed E-state index contributed by atoms with van der Waals surface area (Å²) in [5.41, 5.74) is 4.67. The summed E-state index contributed by atoms with van der Waals surface area (Å²) in [6.45, 7) is 0. The number of carbonyl (C=O) groups excluding carboxylic acids is 2. The molecule has 1 atom stereocenters. The van der Waals surface area contributed by atoms with Gasteiger partial charge in [-0.25, -0.2) is 0 Å². The molecule has 3 N–H and O–H groups in total. The van der Waals surface area contributed by atoms with Crippen molar-refractivity contribution in [3.63, 3.8) is 0 Å². The van der Waals surface area contributed by atoms with E-state index in [0.717, 1.165) is 0 Å². The number of nitrogens with two attached hydrogens (primary N) is 1. The van der Waals surface area contributed by atoms with Crippen LogP contribution in [0.1, 0.15) is 12.8 Å². The Morgan fingerprint density at radius 3 is 2.67 bits per heavy atom. The van der Waals surface area contributed by atoms with Crippen molar-refractivity contribution in [3.05, 3.63) is 0 Å². The molecule has 0 aliphatic heterocycles. The SMILES string of the molecule is NC(=O)C(O)CCC=O. The lowest BCUT2D eigenvalue weighted by Crippen LogP contribution is -2.27. The van der Waals surface area contributed by atoms with Gasteiger partial charge in [0.2, 0.25) is 5.91 Å². The van der Waals surface area contributed by atoms with Gasteiger partial charge in [0.1, 0.15) is 12.4 Å². The Labute approximate surface area is 52.7 Å². The van der Waals surface area contributed by atoms with Gasteiger partial charge in [0, 0.05) is 6.42 Å². The van der Waals surface area contributed by atoms with Crippen LogP contribution in [0.2, 0.25) is 0 Å². The summed E-state index contributed by atoms with van der Waals surface area (Å²) in [5.74, 6) is -0.781. The molecule has 0 bridgehead atoms. The molecule has 0 radical (unpaired) electrons. The number of aliphatic hydroxyl groups is 1. The van der Waals surface area contributed by atoms with Crippen molar-refractivity contribution in [1.29, 1.82) is 0 Å². The summed E-state index contributed by atoms with van der Waals surface area (Å²) < 4.78 is 0. The number of primary amides is 1. The van der Waals surface area contributed by atoms with Crippen molar-refractivity contribution in [1.82, 2.24) is 0 Å². The van der Waals surface area contributed by atoms with Gasteiger partial charge < -0.3 is 15.6 Å². The van der Waals surface area contributed by atoms with Crippen LogP contribution in [-0.2, 0) is 9.59 Å². The summed E-state index contributed by atoms with van der Waals surface area (Å²) in [7, 11) is 0. The third-order valence-electron chi connectivity index (χ3n) is 0.886. The largest absolute Gasteiger partial charge is 0.383 e. The predicted molar refractivity (Wildman–Crippen MR) is 30.5 cm³/mol. The van der Waals surface area contributed by atoms with E-state index >= 15 is 0 Å². The minimum absolute atomic E-state index is 0.124. The van der Waals surface area contributed by atoms with Crippen molar-refractivity contribution in [3.8, 4) is 0 Å². The second-order valence-electron chi connectivity index (χ2n) is 1.66.